The zero-order valence-corrected chi connectivity index (χ0v) is 30.0. The highest BCUT2D eigenvalue weighted by atomic mass is 31.2. The molecule has 0 unspecified atom stereocenters. The third kappa shape index (κ3) is 9.50. The fourth-order valence-corrected chi connectivity index (χ4v) is 7.73. The summed E-state index contributed by atoms with van der Waals surface area (Å²) in [5.41, 5.74) is 0.775. The lowest BCUT2D eigenvalue weighted by Crippen LogP contribution is -2.41. The lowest BCUT2D eigenvalue weighted by atomic mass is 9.81. The van der Waals surface area contributed by atoms with Crippen LogP contribution in [0.2, 0.25) is 0 Å². The maximum atomic E-state index is 11.3. The Bertz CT molecular complexity index is 1150. The van der Waals surface area contributed by atoms with E-state index in [1.165, 1.54) is 0 Å². The van der Waals surface area contributed by atoms with Crippen molar-refractivity contribution in [2.24, 2.45) is 5.41 Å². The lowest BCUT2D eigenvalue weighted by molar-refractivity contribution is -0.0259. The lowest BCUT2D eigenvalue weighted by Gasteiger charge is -2.31. The number of aliphatic hydroxyl groups excluding tert-OH is 2. The highest BCUT2D eigenvalue weighted by Gasteiger charge is 2.50. The van der Waals surface area contributed by atoms with E-state index in [0.29, 0.717) is 0 Å². The van der Waals surface area contributed by atoms with Crippen LogP contribution in [0.4, 0.5) is 0 Å². The van der Waals surface area contributed by atoms with Crippen LogP contribution < -0.4 is 10.6 Å². The van der Waals surface area contributed by atoms with Crippen molar-refractivity contribution in [3.63, 3.8) is 0 Å². The summed E-state index contributed by atoms with van der Waals surface area (Å²) in [5.74, 6) is 0. The molecule has 0 saturated carbocycles. The average molecular weight is 643 g/mol. The van der Waals surface area contributed by atoms with Gasteiger partial charge in [0.25, 0.3) is 0 Å². The van der Waals surface area contributed by atoms with E-state index < -0.39 is 58.6 Å². The van der Waals surface area contributed by atoms with Crippen LogP contribution in [-0.4, -0.2) is 56.2 Å². The zero-order chi connectivity index (χ0) is 33.4. The largest absolute Gasteiger partial charge is 0.443 e. The Morgan fingerprint density at radius 2 is 0.814 bits per heavy atom. The van der Waals surface area contributed by atoms with Crippen LogP contribution in [-0.2, 0) is 30.7 Å². The van der Waals surface area contributed by atoms with Crippen molar-refractivity contribution < 1.29 is 38.8 Å². The predicted molar refractivity (Wildman–Crippen MR) is 178 cm³/mol. The van der Waals surface area contributed by atoms with Gasteiger partial charge >= 0.3 is 15.9 Å². The van der Waals surface area contributed by atoms with E-state index in [1.807, 2.05) is 65.8 Å². The van der Waals surface area contributed by atoms with Gasteiger partial charge in [-0.3, -0.25) is 0 Å². The van der Waals surface area contributed by atoms with E-state index in [0.717, 1.165) is 22.3 Å². The first-order valence-electron chi connectivity index (χ1n) is 14.7. The van der Waals surface area contributed by atoms with E-state index in [9.17, 15) is 29.8 Å². The molecule has 244 valence electrons. The fourth-order valence-electron chi connectivity index (χ4n) is 4.58. The molecule has 0 atom stereocenters. The highest BCUT2D eigenvalue weighted by molar-refractivity contribution is 7.68. The summed E-state index contributed by atoms with van der Waals surface area (Å²) in [7, 11) is -8.38. The van der Waals surface area contributed by atoms with Crippen LogP contribution in [0.5, 0.6) is 0 Å². The van der Waals surface area contributed by atoms with Gasteiger partial charge in [0.15, 0.2) is 10.6 Å². The van der Waals surface area contributed by atoms with Gasteiger partial charge in [-0.25, -0.2) is 0 Å². The Labute approximate surface area is 260 Å². The van der Waals surface area contributed by atoms with Crippen molar-refractivity contribution in [2.75, 3.05) is 26.4 Å². The maximum Gasteiger partial charge on any atom is 0.443 e. The topological polar surface area (TPSA) is 140 Å². The molecule has 0 aromatic heterocycles. The first-order valence-corrected chi connectivity index (χ1v) is 17.9. The summed E-state index contributed by atoms with van der Waals surface area (Å²) >= 11 is 0. The predicted octanol–water partition coefficient (Wildman–Crippen LogP) is 5.33. The van der Waals surface area contributed by atoms with Crippen LogP contribution in [0.1, 0.15) is 105 Å². The summed E-state index contributed by atoms with van der Waals surface area (Å²) in [6, 6.07) is 10.9. The van der Waals surface area contributed by atoms with Gasteiger partial charge in [0.2, 0.25) is 0 Å². The van der Waals surface area contributed by atoms with Crippen LogP contribution in [0, 0.1) is 5.41 Å². The molecule has 0 radical (unpaired) electrons. The Kier molecular flexibility index (Phi) is 11.5. The quantitative estimate of drug-likeness (QED) is 0.191. The van der Waals surface area contributed by atoms with Gasteiger partial charge < -0.3 is 10.2 Å². The number of rotatable bonds is 10. The molecular weight excluding hydrogens is 586 g/mol. The van der Waals surface area contributed by atoms with Crippen LogP contribution >= 0.6 is 15.9 Å². The number of hydrogen-bond acceptors (Lipinski definition) is 8. The summed E-state index contributed by atoms with van der Waals surface area (Å²) < 4.78 is 11.4. The van der Waals surface area contributed by atoms with E-state index in [-0.39, 0.29) is 21.4 Å². The minimum Gasteiger partial charge on any atom is -0.396 e. The second-order valence-electron chi connectivity index (χ2n) is 15.9. The average Bonchev–Trinajstić information content (AvgIpc) is 2.86. The number of hydrogen-bond donors (Lipinski definition) is 6. The molecule has 10 heteroatoms. The minimum atomic E-state index is -4.19. The molecule has 0 heterocycles. The summed E-state index contributed by atoms with van der Waals surface area (Å²) in [6.45, 7) is 22.0. The SMILES string of the molecule is CC(C)(C)c1ccc([P+](O)(O)OCC(CO)(CO)CO[P+](O)(O)c2ccc(C(C)(C)C)cc2C(C)(C)C)c(C(C)(C)C)c1. The molecular formula is C33H56O8P2+2. The van der Waals surface area contributed by atoms with Gasteiger partial charge in [0.1, 0.15) is 13.2 Å². The van der Waals surface area contributed by atoms with E-state index >= 15 is 0 Å². The monoisotopic (exact) mass is 642 g/mol. The van der Waals surface area contributed by atoms with Gasteiger partial charge in [0, 0.05) is 11.1 Å². The van der Waals surface area contributed by atoms with Crippen molar-refractivity contribution in [2.45, 2.75) is 105 Å². The van der Waals surface area contributed by atoms with Crippen molar-refractivity contribution in [1.29, 1.82) is 0 Å². The smallest absolute Gasteiger partial charge is 0.396 e. The standard InChI is InChI=1S/C33H56O8P2/c1-29(2,3)23-13-15-27(25(17-23)31(7,8)9)42(36,37)40-21-33(19-34,20-35)22-41-43(38,39)28-16-14-24(30(4,5)6)18-26(28)32(10,11)12/h13-18,34-39H,19-22H2,1-12H3/q+2. The van der Waals surface area contributed by atoms with Gasteiger partial charge in [-0.05, 0) is 44.9 Å². The minimum absolute atomic E-state index is 0.157. The molecule has 0 saturated heterocycles. The second kappa shape index (κ2) is 13.0. The van der Waals surface area contributed by atoms with E-state index in [2.05, 4.69) is 41.5 Å². The van der Waals surface area contributed by atoms with Gasteiger partial charge in [-0.1, -0.05) is 107 Å². The van der Waals surface area contributed by atoms with Gasteiger partial charge in [-0.15, -0.1) is 0 Å². The van der Waals surface area contributed by atoms with Crippen molar-refractivity contribution >= 4 is 26.5 Å². The van der Waals surface area contributed by atoms with Crippen molar-refractivity contribution in [1.82, 2.24) is 0 Å². The fraction of sp³-hybridized carbons (Fsp3) is 0.636. The molecule has 8 nitrogen and oxygen atoms in total. The van der Waals surface area contributed by atoms with Gasteiger partial charge in [0.05, 0.1) is 18.6 Å². The molecule has 0 aliphatic carbocycles. The Hall–Kier alpha value is -1.02. The third-order valence-corrected chi connectivity index (χ3v) is 10.8. The van der Waals surface area contributed by atoms with Crippen LogP contribution in [0.25, 0.3) is 0 Å². The highest BCUT2D eigenvalue weighted by Crippen LogP contribution is 2.55. The second-order valence-corrected chi connectivity index (χ2v) is 19.6. The van der Waals surface area contributed by atoms with Crippen LogP contribution in [0.3, 0.4) is 0 Å². The molecule has 2 aromatic carbocycles. The summed E-state index contributed by atoms with van der Waals surface area (Å²) in [6.07, 6.45) is 0. The number of benzene rings is 2. The molecule has 0 spiro atoms. The Morgan fingerprint density at radius 3 is 1.05 bits per heavy atom. The van der Waals surface area contributed by atoms with Crippen molar-refractivity contribution in [3.8, 4) is 0 Å². The molecule has 0 amide bonds. The first kappa shape index (κ1) is 38.2. The van der Waals surface area contributed by atoms with E-state index in [1.54, 1.807) is 12.1 Å². The molecule has 0 bridgehead atoms. The molecule has 0 aliphatic heterocycles. The van der Waals surface area contributed by atoms with Crippen molar-refractivity contribution in [3.05, 3.63) is 58.7 Å². The molecule has 6 N–H and O–H groups in total. The summed E-state index contributed by atoms with van der Waals surface area (Å²) in [4.78, 5) is 45.0. The Balaban J connectivity index is 2.40. The molecule has 2 aromatic rings. The van der Waals surface area contributed by atoms with Crippen LogP contribution in [0.15, 0.2) is 36.4 Å². The molecule has 0 fully saturated rings. The Morgan fingerprint density at radius 1 is 0.512 bits per heavy atom. The van der Waals surface area contributed by atoms with Gasteiger partial charge in [-0.2, -0.15) is 28.6 Å². The molecule has 0 aliphatic rings. The zero-order valence-electron chi connectivity index (χ0n) is 28.2. The third-order valence-electron chi connectivity index (χ3n) is 7.74. The number of aliphatic hydroxyl groups is 2. The maximum absolute atomic E-state index is 11.3. The first-order chi connectivity index (χ1) is 19.2. The molecule has 43 heavy (non-hydrogen) atoms. The molecule has 2 rings (SSSR count). The summed E-state index contributed by atoms with van der Waals surface area (Å²) in [5, 5.41) is 21.1. The van der Waals surface area contributed by atoms with E-state index in [4.69, 9.17) is 9.05 Å². The normalized spacial score (nSPS) is 14.4.